The molecule has 0 spiro atoms. The van der Waals surface area contributed by atoms with Crippen LogP contribution in [0.3, 0.4) is 0 Å². The Labute approximate surface area is 138 Å². The number of hydrogen-bond donors (Lipinski definition) is 0. The molecule has 0 aromatic heterocycles. The Balaban J connectivity index is 1.83. The first-order valence-electron chi connectivity index (χ1n) is 8.29. The van der Waals surface area contributed by atoms with Crippen LogP contribution in [0.15, 0.2) is 84.9 Å². The maximum Gasteiger partial charge on any atom is 0.0435 e. The molecule has 1 aliphatic rings. The largest absolute Gasteiger partial charge is 0.364 e. The fourth-order valence-corrected chi connectivity index (χ4v) is 3.81. The van der Waals surface area contributed by atoms with Crippen molar-refractivity contribution in [3.63, 3.8) is 0 Å². The Kier molecular flexibility index (Phi) is 3.63. The minimum absolute atomic E-state index is 0.404. The van der Waals surface area contributed by atoms with Crippen molar-refractivity contribution in [1.29, 1.82) is 0 Å². The van der Waals surface area contributed by atoms with Crippen molar-refractivity contribution in [2.24, 2.45) is 0 Å². The Morgan fingerprint density at radius 2 is 1.35 bits per heavy atom. The van der Waals surface area contributed by atoms with Gasteiger partial charge in [0.05, 0.1) is 0 Å². The van der Waals surface area contributed by atoms with Crippen molar-refractivity contribution >= 4 is 5.69 Å². The first kappa shape index (κ1) is 14.1. The molecule has 1 heteroatoms. The monoisotopic (exact) mass is 299 g/mol. The Bertz CT molecular complexity index is 779. The van der Waals surface area contributed by atoms with E-state index in [0.29, 0.717) is 12.0 Å². The third-order valence-electron chi connectivity index (χ3n) is 4.95. The van der Waals surface area contributed by atoms with E-state index in [4.69, 9.17) is 0 Å². The molecule has 114 valence electrons. The Morgan fingerprint density at radius 1 is 0.739 bits per heavy atom. The van der Waals surface area contributed by atoms with Crippen LogP contribution in [0, 0.1) is 0 Å². The first-order valence-corrected chi connectivity index (χ1v) is 8.29. The fourth-order valence-electron chi connectivity index (χ4n) is 3.81. The zero-order valence-electron chi connectivity index (χ0n) is 13.4. The van der Waals surface area contributed by atoms with Crippen molar-refractivity contribution in [3.05, 3.63) is 102 Å². The van der Waals surface area contributed by atoms with E-state index in [2.05, 4.69) is 96.8 Å². The second-order valence-electron chi connectivity index (χ2n) is 6.29. The summed E-state index contributed by atoms with van der Waals surface area (Å²) < 4.78 is 0. The number of benzene rings is 3. The van der Waals surface area contributed by atoms with Gasteiger partial charge < -0.3 is 4.90 Å². The van der Waals surface area contributed by atoms with Crippen molar-refractivity contribution in [3.8, 4) is 0 Å². The molecule has 0 saturated heterocycles. The van der Waals surface area contributed by atoms with Crippen LogP contribution in [0.1, 0.15) is 29.5 Å². The lowest BCUT2D eigenvalue weighted by atomic mass is 9.79. The first-order chi connectivity index (χ1) is 11.3. The van der Waals surface area contributed by atoms with Gasteiger partial charge in [-0.2, -0.15) is 0 Å². The molecule has 0 fully saturated rings. The van der Waals surface area contributed by atoms with E-state index in [-0.39, 0.29) is 0 Å². The maximum absolute atomic E-state index is 2.53. The summed E-state index contributed by atoms with van der Waals surface area (Å²) in [5.41, 5.74) is 5.60. The average molecular weight is 299 g/mol. The van der Waals surface area contributed by atoms with Gasteiger partial charge in [0.25, 0.3) is 0 Å². The van der Waals surface area contributed by atoms with Gasteiger partial charge in [0.1, 0.15) is 0 Å². The highest BCUT2D eigenvalue weighted by Crippen LogP contribution is 2.39. The minimum atomic E-state index is 0.404. The van der Waals surface area contributed by atoms with Gasteiger partial charge in [-0.1, -0.05) is 72.8 Å². The molecular formula is C22H21N. The molecule has 0 aliphatic carbocycles. The quantitative estimate of drug-likeness (QED) is 0.626. The molecule has 0 N–H and O–H groups in total. The highest BCUT2D eigenvalue weighted by Gasteiger charge is 2.32. The molecule has 23 heavy (non-hydrogen) atoms. The topological polar surface area (TPSA) is 3.24 Å². The van der Waals surface area contributed by atoms with Crippen LogP contribution in [-0.4, -0.2) is 6.04 Å². The van der Waals surface area contributed by atoms with E-state index >= 15 is 0 Å². The molecule has 1 nitrogen and oxygen atoms in total. The molecule has 1 heterocycles. The van der Waals surface area contributed by atoms with E-state index in [1.165, 1.54) is 22.4 Å². The smallest absolute Gasteiger partial charge is 0.0435 e. The summed E-state index contributed by atoms with van der Waals surface area (Å²) in [6.07, 6.45) is 0. The number of anilines is 1. The molecule has 3 aromatic rings. The molecule has 3 aromatic carbocycles. The Morgan fingerprint density at radius 3 is 2.09 bits per heavy atom. The maximum atomic E-state index is 2.53. The third kappa shape index (κ3) is 2.53. The normalized spacial score (nSPS) is 20.1. The highest BCUT2D eigenvalue weighted by molar-refractivity contribution is 5.54. The molecule has 4 rings (SSSR count). The van der Waals surface area contributed by atoms with Gasteiger partial charge in [-0.15, -0.1) is 0 Å². The summed E-state index contributed by atoms with van der Waals surface area (Å²) in [6.45, 7) is 3.32. The predicted octanol–water partition coefficient (Wildman–Crippen LogP) is 5.23. The lowest BCUT2D eigenvalue weighted by Crippen LogP contribution is -2.42. The molecule has 0 bridgehead atoms. The third-order valence-corrected chi connectivity index (χ3v) is 4.95. The van der Waals surface area contributed by atoms with E-state index < -0.39 is 0 Å². The standard InChI is InChI=1S/C22H21N/c1-17-22(18-10-4-2-5-11-18)21-15-9-8-12-19(21)16-23(17)20-13-6-3-7-14-20/h2-15,17,22H,16H2,1H3/t17-,22?/m0/s1. The summed E-state index contributed by atoms with van der Waals surface area (Å²) in [6, 6.07) is 31.0. The van der Waals surface area contributed by atoms with E-state index in [9.17, 15) is 0 Å². The number of fused-ring (bicyclic) bond motifs is 1. The van der Waals surface area contributed by atoms with Gasteiger partial charge in [0.2, 0.25) is 0 Å². The van der Waals surface area contributed by atoms with Crippen LogP contribution in [0.2, 0.25) is 0 Å². The van der Waals surface area contributed by atoms with Gasteiger partial charge in [-0.3, -0.25) is 0 Å². The number of para-hydroxylation sites is 1. The van der Waals surface area contributed by atoms with Crippen LogP contribution in [-0.2, 0) is 6.54 Å². The van der Waals surface area contributed by atoms with Crippen molar-refractivity contribution in [2.75, 3.05) is 4.90 Å². The lowest BCUT2D eigenvalue weighted by Gasteiger charge is -2.42. The fraction of sp³-hybridized carbons (Fsp3) is 0.182. The summed E-state index contributed by atoms with van der Waals surface area (Å²) >= 11 is 0. The van der Waals surface area contributed by atoms with Crippen molar-refractivity contribution in [2.45, 2.75) is 25.4 Å². The van der Waals surface area contributed by atoms with Gasteiger partial charge >= 0.3 is 0 Å². The second kappa shape index (κ2) is 5.92. The number of nitrogens with zero attached hydrogens (tertiary/aromatic N) is 1. The van der Waals surface area contributed by atoms with Crippen LogP contribution >= 0.6 is 0 Å². The van der Waals surface area contributed by atoms with Crippen LogP contribution in [0.4, 0.5) is 5.69 Å². The van der Waals surface area contributed by atoms with Crippen LogP contribution in [0.25, 0.3) is 0 Å². The summed E-state index contributed by atoms with van der Waals surface area (Å²) in [4.78, 5) is 2.53. The zero-order valence-corrected chi connectivity index (χ0v) is 13.4. The SMILES string of the molecule is C[C@H]1C(c2ccccc2)c2ccccc2CN1c1ccccc1. The van der Waals surface area contributed by atoms with E-state index in [1.807, 2.05) is 0 Å². The Hall–Kier alpha value is -2.54. The summed E-state index contributed by atoms with van der Waals surface area (Å²) in [5, 5.41) is 0. The molecule has 0 radical (unpaired) electrons. The lowest BCUT2D eigenvalue weighted by molar-refractivity contribution is 0.535. The zero-order chi connectivity index (χ0) is 15.6. The average Bonchev–Trinajstić information content (AvgIpc) is 2.63. The number of rotatable bonds is 2. The molecule has 1 unspecified atom stereocenters. The molecule has 2 atom stereocenters. The second-order valence-corrected chi connectivity index (χ2v) is 6.29. The van der Waals surface area contributed by atoms with E-state index in [1.54, 1.807) is 0 Å². The number of hydrogen-bond acceptors (Lipinski definition) is 1. The predicted molar refractivity (Wildman–Crippen MR) is 96.8 cm³/mol. The van der Waals surface area contributed by atoms with E-state index in [0.717, 1.165) is 6.54 Å². The van der Waals surface area contributed by atoms with Gasteiger partial charge in [0, 0.05) is 24.2 Å². The van der Waals surface area contributed by atoms with Crippen LogP contribution < -0.4 is 4.90 Å². The molecular weight excluding hydrogens is 278 g/mol. The molecule has 0 saturated carbocycles. The van der Waals surface area contributed by atoms with Gasteiger partial charge in [-0.25, -0.2) is 0 Å². The van der Waals surface area contributed by atoms with Gasteiger partial charge in [0.15, 0.2) is 0 Å². The minimum Gasteiger partial charge on any atom is -0.364 e. The highest BCUT2D eigenvalue weighted by atomic mass is 15.2. The molecule has 1 aliphatic heterocycles. The van der Waals surface area contributed by atoms with Crippen molar-refractivity contribution in [1.82, 2.24) is 0 Å². The van der Waals surface area contributed by atoms with Crippen LogP contribution in [0.5, 0.6) is 0 Å². The van der Waals surface area contributed by atoms with Crippen molar-refractivity contribution < 1.29 is 0 Å². The molecule has 0 amide bonds. The summed E-state index contributed by atoms with van der Waals surface area (Å²) in [7, 11) is 0. The van der Waals surface area contributed by atoms with Gasteiger partial charge in [-0.05, 0) is 35.7 Å². The summed E-state index contributed by atoms with van der Waals surface area (Å²) in [5.74, 6) is 0.404.